The van der Waals surface area contributed by atoms with Crippen LogP contribution in [0, 0.1) is 10.5 Å². The number of carbonyl (C=O) groups excluding carboxylic acids is 1. The molecule has 2 N–H and O–H groups in total. The number of rotatable bonds is 5. The number of benzene rings is 2. The minimum Gasteiger partial charge on any atom is -0.340 e. The van der Waals surface area contributed by atoms with E-state index in [0.29, 0.717) is 5.56 Å². The monoisotopic (exact) mass is 458 g/mol. The van der Waals surface area contributed by atoms with Crippen molar-refractivity contribution in [2.75, 3.05) is 10.6 Å². The van der Waals surface area contributed by atoms with Gasteiger partial charge in [0.25, 0.3) is 5.91 Å². The lowest BCUT2D eigenvalue weighted by atomic mass is 10.1. The molecule has 1 amide bonds. The van der Waals surface area contributed by atoms with Crippen LogP contribution in [-0.4, -0.2) is 15.9 Å². The van der Waals surface area contributed by atoms with Crippen LogP contribution in [0.1, 0.15) is 28.5 Å². The molecule has 0 atom stereocenters. The van der Waals surface area contributed by atoms with Crippen molar-refractivity contribution in [2.24, 2.45) is 0 Å². The van der Waals surface area contributed by atoms with Crippen molar-refractivity contribution in [1.29, 1.82) is 0 Å². The van der Waals surface area contributed by atoms with Crippen molar-refractivity contribution in [1.82, 2.24) is 9.97 Å². The van der Waals surface area contributed by atoms with Crippen LogP contribution in [0.25, 0.3) is 0 Å². The van der Waals surface area contributed by atoms with E-state index in [4.69, 9.17) is 0 Å². The zero-order chi connectivity index (χ0) is 18.5. The van der Waals surface area contributed by atoms with Gasteiger partial charge in [-0.2, -0.15) is 0 Å². The van der Waals surface area contributed by atoms with Gasteiger partial charge < -0.3 is 10.6 Å². The molecule has 0 fully saturated rings. The van der Waals surface area contributed by atoms with E-state index in [0.717, 1.165) is 38.4 Å². The molecule has 3 aromatic rings. The number of nitrogens with zero attached hydrogens (tertiary/aromatic N) is 2. The predicted molar refractivity (Wildman–Crippen MR) is 113 cm³/mol. The molecular formula is C20H19IN4O. The normalized spacial score (nSPS) is 10.4. The van der Waals surface area contributed by atoms with E-state index in [-0.39, 0.29) is 5.91 Å². The summed E-state index contributed by atoms with van der Waals surface area (Å²) in [5, 5.41) is 6.30. The number of aromatic nitrogens is 2. The number of anilines is 3. The molecule has 2 aromatic carbocycles. The third-order valence-electron chi connectivity index (χ3n) is 3.93. The van der Waals surface area contributed by atoms with Crippen LogP contribution in [-0.2, 0) is 6.42 Å². The van der Waals surface area contributed by atoms with E-state index >= 15 is 0 Å². The number of amides is 1. The van der Waals surface area contributed by atoms with Gasteiger partial charge in [0.15, 0.2) is 0 Å². The second-order valence-electron chi connectivity index (χ2n) is 5.83. The molecule has 0 aliphatic rings. The van der Waals surface area contributed by atoms with Gasteiger partial charge in [-0.15, -0.1) is 0 Å². The average Bonchev–Trinajstić information content (AvgIpc) is 2.62. The highest BCUT2D eigenvalue weighted by molar-refractivity contribution is 14.1. The summed E-state index contributed by atoms with van der Waals surface area (Å²) in [5.41, 5.74) is 4.29. The topological polar surface area (TPSA) is 66.9 Å². The molecule has 0 unspecified atom stereocenters. The largest absolute Gasteiger partial charge is 0.340 e. The highest BCUT2D eigenvalue weighted by atomic mass is 127. The molecular weight excluding hydrogens is 439 g/mol. The van der Waals surface area contributed by atoms with Crippen LogP contribution in [0.2, 0.25) is 0 Å². The fraction of sp³-hybridized carbons (Fsp3) is 0.150. The van der Waals surface area contributed by atoms with Gasteiger partial charge in [-0.1, -0.05) is 25.1 Å². The molecule has 0 bridgehead atoms. The Morgan fingerprint density at radius 2 is 1.92 bits per heavy atom. The van der Waals surface area contributed by atoms with Crippen molar-refractivity contribution < 1.29 is 4.79 Å². The van der Waals surface area contributed by atoms with Gasteiger partial charge >= 0.3 is 0 Å². The molecule has 26 heavy (non-hydrogen) atoms. The number of hydrogen-bond donors (Lipinski definition) is 2. The molecule has 0 spiro atoms. The summed E-state index contributed by atoms with van der Waals surface area (Å²) in [6.07, 6.45) is 2.35. The Morgan fingerprint density at radius 1 is 1.12 bits per heavy atom. The van der Waals surface area contributed by atoms with Crippen molar-refractivity contribution in [3.8, 4) is 0 Å². The fourth-order valence-corrected chi connectivity index (χ4v) is 3.22. The summed E-state index contributed by atoms with van der Waals surface area (Å²) in [7, 11) is 0. The molecule has 0 aliphatic heterocycles. The van der Waals surface area contributed by atoms with Crippen molar-refractivity contribution >= 4 is 45.7 Å². The van der Waals surface area contributed by atoms with Gasteiger partial charge in [0.1, 0.15) is 12.1 Å². The van der Waals surface area contributed by atoms with Crippen LogP contribution >= 0.6 is 22.6 Å². The van der Waals surface area contributed by atoms with E-state index in [2.05, 4.69) is 50.1 Å². The quantitative estimate of drug-likeness (QED) is 0.532. The molecule has 3 rings (SSSR count). The van der Waals surface area contributed by atoms with E-state index in [1.165, 1.54) is 6.33 Å². The highest BCUT2D eigenvalue weighted by Crippen LogP contribution is 2.25. The van der Waals surface area contributed by atoms with Crippen LogP contribution in [0.4, 0.5) is 17.2 Å². The summed E-state index contributed by atoms with van der Waals surface area (Å²) in [4.78, 5) is 21.0. The Labute approximate surface area is 166 Å². The second-order valence-corrected chi connectivity index (χ2v) is 6.99. The molecule has 132 valence electrons. The minimum atomic E-state index is -0.111. The van der Waals surface area contributed by atoms with Gasteiger partial charge in [0, 0.05) is 26.7 Å². The number of nitrogens with one attached hydrogen (secondary N) is 2. The van der Waals surface area contributed by atoms with Gasteiger partial charge in [-0.25, -0.2) is 9.97 Å². The molecule has 0 saturated carbocycles. The first-order valence-corrected chi connectivity index (χ1v) is 9.39. The Balaban J connectivity index is 1.86. The first kappa shape index (κ1) is 18.3. The van der Waals surface area contributed by atoms with Crippen molar-refractivity contribution in [2.45, 2.75) is 20.3 Å². The predicted octanol–water partition coefficient (Wildman–Crippen LogP) is 4.95. The number of carbonyl (C=O) groups is 1. The molecule has 1 heterocycles. The molecule has 0 saturated heterocycles. The maximum absolute atomic E-state index is 12.7. The van der Waals surface area contributed by atoms with E-state index < -0.39 is 0 Å². The summed E-state index contributed by atoms with van der Waals surface area (Å²) < 4.78 is 0.923. The van der Waals surface area contributed by atoms with E-state index in [1.54, 1.807) is 0 Å². The summed E-state index contributed by atoms with van der Waals surface area (Å²) in [6, 6.07) is 15.3. The smallest absolute Gasteiger partial charge is 0.256 e. The average molecular weight is 458 g/mol. The standard InChI is InChI=1S/C20H19IN4O/c1-3-14-8-9-15(24-19-10-13(2)22-12-23-19)11-18(14)25-20(26)16-6-4-5-7-17(16)21/h4-12H,3H2,1-2H3,(H,25,26)(H,22,23,24). The van der Waals surface area contributed by atoms with Gasteiger partial charge in [-0.05, 0) is 65.8 Å². The van der Waals surface area contributed by atoms with Crippen LogP contribution in [0.3, 0.4) is 0 Å². The first-order valence-electron chi connectivity index (χ1n) is 8.31. The molecule has 0 aliphatic carbocycles. The third kappa shape index (κ3) is 4.37. The van der Waals surface area contributed by atoms with Gasteiger partial charge in [-0.3, -0.25) is 4.79 Å². The number of aryl methyl sites for hydroxylation is 2. The number of halogens is 1. The van der Waals surface area contributed by atoms with E-state index in [1.807, 2.05) is 55.5 Å². The Kier molecular flexibility index (Phi) is 5.82. The third-order valence-corrected chi connectivity index (χ3v) is 4.87. The number of hydrogen-bond acceptors (Lipinski definition) is 4. The molecule has 6 heteroatoms. The van der Waals surface area contributed by atoms with Crippen LogP contribution in [0.15, 0.2) is 54.9 Å². The summed E-state index contributed by atoms with van der Waals surface area (Å²) in [5.74, 6) is 0.608. The maximum atomic E-state index is 12.7. The van der Waals surface area contributed by atoms with Crippen LogP contribution in [0.5, 0.6) is 0 Å². The Bertz CT molecular complexity index is 943. The van der Waals surface area contributed by atoms with Crippen molar-refractivity contribution in [3.05, 3.63) is 75.2 Å². The van der Waals surface area contributed by atoms with E-state index in [9.17, 15) is 4.79 Å². The first-order chi connectivity index (χ1) is 12.6. The zero-order valence-corrected chi connectivity index (χ0v) is 16.7. The Hall–Kier alpha value is -2.48. The summed E-state index contributed by atoms with van der Waals surface area (Å²) >= 11 is 2.17. The molecule has 5 nitrogen and oxygen atoms in total. The van der Waals surface area contributed by atoms with Crippen LogP contribution < -0.4 is 10.6 Å². The lowest BCUT2D eigenvalue weighted by molar-refractivity contribution is 0.102. The lowest BCUT2D eigenvalue weighted by Gasteiger charge is -2.14. The Morgan fingerprint density at radius 3 is 2.65 bits per heavy atom. The second kappa shape index (κ2) is 8.27. The van der Waals surface area contributed by atoms with Crippen molar-refractivity contribution in [3.63, 3.8) is 0 Å². The maximum Gasteiger partial charge on any atom is 0.256 e. The fourth-order valence-electron chi connectivity index (χ4n) is 2.58. The minimum absolute atomic E-state index is 0.111. The highest BCUT2D eigenvalue weighted by Gasteiger charge is 2.12. The SMILES string of the molecule is CCc1ccc(Nc2cc(C)ncn2)cc1NC(=O)c1ccccc1I. The zero-order valence-electron chi connectivity index (χ0n) is 14.6. The lowest BCUT2D eigenvalue weighted by Crippen LogP contribution is -2.14. The molecule has 1 aromatic heterocycles. The molecule has 0 radical (unpaired) electrons. The summed E-state index contributed by atoms with van der Waals surface area (Å²) in [6.45, 7) is 3.98. The van der Waals surface area contributed by atoms with Gasteiger partial charge in [0.2, 0.25) is 0 Å². The van der Waals surface area contributed by atoms with Gasteiger partial charge in [0.05, 0.1) is 5.56 Å².